The van der Waals surface area contributed by atoms with Gasteiger partial charge in [-0.25, -0.2) is 9.18 Å². The Balaban J connectivity index is 1.60. The van der Waals surface area contributed by atoms with Crippen LogP contribution in [0.2, 0.25) is 0 Å². The van der Waals surface area contributed by atoms with Gasteiger partial charge in [-0.15, -0.1) is 0 Å². The fourth-order valence-corrected chi connectivity index (χ4v) is 3.63. The highest BCUT2D eigenvalue weighted by atomic mass is 19.1. The van der Waals surface area contributed by atoms with Gasteiger partial charge in [-0.3, -0.25) is 14.2 Å². The SMILES string of the molecule is O=C(c1ccccc1)n1c(=O)ccn([C@H]2C[C@H](OCc3ccccc3)[C@@H](C(O)F)O2)c1=O. The van der Waals surface area contributed by atoms with Gasteiger partial charge in [-0.2, -0.15) is 4.57 Å². The number of hydrogen-bond acceptors (Lipinski definition) is 6. The normalized spacial score (nSPS) is 21.4. The predicted octanol–water partition coefficient (Wildman–Crippen LogP) is 1.86. The van der Waals surface area contributed by atoms with Crippen molar-refractivity contribution in [2.24, 2.45) is 0 Å². The Kier molecular flexibility index (Phi) is 6.40. The first-order valence-corrected chi connectivity index (χ1v) is 10.0. The molecule has 0 aliphatic carbocycles. The van der Waals surface area contributed by atoms with E-state index >= 15 is 0 Å². The maximum Gasteiger partial charge on any atom is 0.340 e. The molecule has 1 N–H and O–H groups in total. The van der Waals surface area contributed by atoms with Crippen molar-refractivity contribution in [2.45, 2.75) is 37.8 Å². The average Bonchev–Trinajstić information content (AvgIpc) is 3.23. The van der Waals surface area contributed by atoms with Crippen molar-refractivity contribution < 1.29 is 23.8 Å². The second-order valence-corrected chi connectivity index (χ2v) is 7.35. The summed E-state index contributed by atoms with van der Waals surface area (Å²) in [6.45, 7) is 0.158. The predicted molar refractivity (Wildman–Crippen MR) is 112 cm³/mol. The van der Waals surface area contributed by atoms with Crippen molar-refractivity contribution in [2.75, 3.05) is 0 Å². The van der Waals surface area contributed by atoms with Crippen LogP contribution in [0.5, 0.6) is 0 Å². The zero-order valence-corrected chi connectivity index (χ0v) is 16.9. The number of nitrogens with zero attached hydrogens (tertiary/aromatic N) is 2. The molecule has 166 valence electrons. The van der Waals surface area contributed by atoms with Gasteiger partial charge in [0.1, 0.15) is 12.3 Å². The number of aliphatic hydroxyl groups is 1. The summed E-state index contributed by atoms with van der Waals surface area (Å²) in [4.78, 5) is 38.0. The number of alkyl halides is 1. The van der Waals surface area contributed by atoms with E-state index in [-0.39, 0.29) is 18.6 Å². The van der Waals surface area contributed by atoms with Crippen molar-refractivity contribution in [3.05, 3.63) is 105 Å². The number of hydrogen-bond donors (Lipinski definition) is 1. The Labute approximate surface area is 182 Å². The zero-order chi connectivity index (χ0) is 22.7. The van der Waals surface area contributed by atoms with Crippen LogP contribution in [0.1, 0.15) is 28.6 Å². The summed E-state index contributed by atoms with van der Waals surface area (Å²) < 4.78 is 26.7. The summed E-state index contributed by atoms with van der Waals surface area (Å²) in [6, 6.07) is 18.2. The number of benzene rings is 2. The molecule has 2 aromatic carbocycles. The minimum Gasteiger partial charge on any atom is -0.370 e. The van der Waals surface area contributed by atoms with Crippen LogP contribution in [0.25, 0.3) is 0 Å². The number of carbonyl (C=O) groups is 1. The van der Waals surface area contributed by atoms with Gasteiger partial charge in [0.15, 0.2) is 0 Å². The summed E-state index contributed by atoms with van der Waals surface area (Å²) in [5.41, 5.74) is -0.704. The molecular weight excluding hydrogens is 419 g/mol. The lowest BCUT2D eigenvalue weighted by atomic mass is 10.1. The highest BCUT2D eigenvalue weighted by molar-refractivity contribution is 5.95. The average molecular weight is 440 g/mol. The number of aliphatic hydroxyl groups excluding tert-OH is 1. The van der Waals surface area contributed by atoms with Crippen LogP contribution in [-0.2, 0) is 16.1 Å². The van der Waals surface area contributed by atoms with Crippen LogP contribution in [-0.4, -0.2) is 38.7 Å². The van der Waals surface area contributed by atoms with Crippen LogP contribution < -0.4 is 11.2 Å². The Bertz CT molecular complexity index is 1190. The van der Waals surface area contributed by atoms with Crippen LogP contribution in [0.4, 0.5) is 4.39 Å². The van der Waals surface area contributed by atoms with Crippen LogP contribution >= 0.6 is 0 Å². The minimum absolute atomic E-state index is 0.0378. The van der Waals surface area contributed by atoms with Gasteiger partial charge >= 0.3 is 5.69 Å². The third-order valence-electron chi connectivity index (χ3n) is 5.24. The van der Waals surface area contributed by atoms with E-state index in [0.717, 1.165) is 16.2 Å². The molecular formula is C23H21FN2O6. The zero-order valence-electron chi connectivity index (χ0n) is 16.9. The van der Waals surface area contributed by atoms with Gasteiger partial charge in [-0.05, 0) is 17.7 Å². The number of carbonyl (C=O) groups excluding carboxylic acids is 1. The van der Waals surface area contributed by atoms with Crippen molar-refractivity contribution >= 4 is 5.91 Å². The maximum absolute atomic E-state index is 13.8. The van der Waals surface area contributed by atoms with E-state index in [2.05, 4.69) is 0 Å². The summed E-state index contributed by atoms with van der Waals surface area (Å²) in [6.07, 6.45) is -4.33. The molecule has 0 spiro atoms. The van der Waals surface area contributed by atoms with Gasteiger partial charge in [0.2, 0.25) is 6.36 Å². The quantitative estimate of drug-likeness (QED) is 0.628. The molecule has 1 aromatic heterocycles. The van der Waals surface area contributed by atoms with Crippen molar-refractivity contribution in [3.63, 3.8) is 0 Å². The molecule has 4 atom stereocenters. The third-order valence-corrected chi connectivity index (χ3v) is 5.24. The first kappa shape index (κ1) is 21.8. The van der Waals surface area contributed by atoms with Crippen molar-refractivity contribution in [3.8, 4) is 0 Å². The van der Waals surface area contributed by atoms with Gasteiger partial charge in [-0.1, -0.05) is 48.5 Å². The minimum atomic E-state index is -2.34. The number of rotatable bonds is 6. The summed E-state index contributed by atoms with van der Waals surface area (Å²) in [7, 11) is 0. The first-order chi connectivity index (χ1) is 15.5. The molecule has 1 fully saturated rings. The second-order valence-electron chi connectivity index (χ2n) is 7.35. The van der Waals surface area contributed by atoms with Crippen LogP contribution in [0, 0.1) is 0 Å². The highest BCUT2D eigenvalue weighted by Gasteiger charge is 2.42. The standard InChI is InChI=1S/C23H21FN2O6/c24-21(28)20-17(31-14-15-7-3-1-4-8-15)13-19(32-20)25-12-11-18(27)26(23(25)30)22(29)16-9-5-2-6-10-16/h1-12,17,19-21,28H,13-14H2/t17-,19+,20-,21?/m0/s1. The lowest BCUT2D eigenvalue weighted by Crippen LogP contribution is -2.44. The molecule has 0 radical (unpaired) electrons. The van der Waals surface area contributed by atoms with Gasteiger partial charge in [0, 0.05) is 24.2 Å². The Morgan fingerprint density at radius 3 is 2.41 bits per heavy atom. The fourth-order valence-electron chi connectivity index (χ4n) is 3.63. The molecule has 2 heterocycles. The number of ether oxygens (including phenoxy) is 2. The van der Waals surface area contributed by atoms with Crippen LogP contribution in [0.15, 0.2) is 82.5 Å². The van der Waals surface area contributed by atoms with Gasteiger partial charge < -0.3 is 14.6 Å². The largest absolute Gasteiger partial charge is 0.370 e. The summed E-state index contributed by atoms with van der Waals surface area (Å²) in [5, 5.41) is 9.52. The van der Waals surface area contributed by atoms with E-state index in [0.29, 0.717) is 4.57 Å². The monoisotopic (exact) mass is 440 g/mol. The van der Waals surface area contributed by atoms with E-state index < -0.39 is 41.9 Å². The van der Waals surface area contributed by atoms with Crippen molar-refractivity contribution in [1.29, 1.82) is 0 Å². The van der Waals surface area contributed by atoms with E-state index in [9.17, 15) is 23.9 Å². The molecule has 1 unspecified atom stereocenters. The lowest BCUT2D eigenvalue weighted by molar-refractivity contribution is -0.142. The smallest absolute Gasteiger partial charge is 0.340 e. The van der Waals surface area contributed by atoms with Crippen molar-refractivity contribution in [1.82, 2.24) is 9.13 Å². The molecule has 3 aromatic rings. The van der Waals surface area contributed by atoms with E-state index in [1.54, 1.807) is 18.2 Å². The molecule has 1 aliphatic rings. The Morgan fingerprint density at radius 2 is 1.75 bits per heavy atom. The van der Waals surface area contributed by atoms with E-state index in [4.69, 9.17) is 9.47 Å². The van der Waals surface area contributed by atoms with Gasteiger partial charge in [0.05, 0.1) is 12.7 Å². The summed E-state index contributed by atoms with van der Waals surface area (Å²) >= 11 is 0. The van der Waals surface area contributed by atoms with Crippen LogP contribution in [0.3, 0.4) is 0 Å². The molecule has 0 bridgehead atoms. The second kappa shape index (κ2) is 9.39. The summed E-state index contributed by atoms with van der Waals surface area (Å²) in [5.74, 6) is -0.785. The Hall–Kier alpha value is -3.40. The molecule has 8 nitrogen and oxygen atoms in total. The molecule has 1 saturated heterocycles. The van der Waals surface area contributed by atoms with Gasteiger partial charge in [0.25, 0.3) is 11.5 Å². The number of aromatic nitrogens is 2. The molecule has 0 saturated carbocycles. The Morgan fingerprint density at radius 1 is 1.09 bits per heavy atom. The maximum atomic E-state index is 13.8. The van der Waals surface area contributed by atoms with E-state index in [1.807, 2.05) is 30.3 Å². The highest BCUT2D eigenvalue weighted by Crippen LogP contribution is 2.32. The molecule has 1 aliphatic heterocycles. The first-order valence-electron chi connectivity index (χ1n) is 10.0. The third kappa shape index (κ3) is 4.45. The molecule has 0 amide bonds. The molecule has 9 heteroatoms. The lowest BCUT2D eigenvalue weighted by Gasteiger charge is -2.19. The number of halogens is 1. The topological polar surface area (TPSA) is 99.8 Å². The molecule has 4 rings (SSSR count). The fraction of sp³-hybridized carbons (Fsp3) is 0.261. The molecule has 32 heavy (non-hydrogen) atoms. The van der Waals surface area contributed by atoms with E-state index in [1.165, 1.54) is 18.3 Å².